The lowest BCUT2D eigenvalue weighted by molar-refractivity contribution is -0.119. The summed E-state index contributed by atoms with van der Waals surface area (Å²) in [6.45, 7) is 6.78. The molecule has 0 saturated heterocycles. The average Bonchev–Trinajstić information content (AvgIpc) is 3.32. The summed E-state index contributed by atoms with van der Waals surface area (Å²) in [6.07, 6.45) is 1.59. The molecule has 186 valence electrons. The van der Waals surface area contributed by atoms with E-state index in [1.807, 2.05) is 51.1 Å². The monoisotopic (exact) mass is 488 g/mol. The van der Waals surface area contributed by atoms with Gasteiger partial charge < -0.3 is 19.5 Å². The highest BCUT2D eigenvalue weighted by Gasteiger charge is 2.19. The highest BCUT2D eigenvalue weighted by atomic mass is 16.5. The molecule has 9 heteroatoms. The molecule has 1 amide bonds. The number of rotatable bonds is 10. The van der Waals surface area contributed by atoms with Gasteiger partial charge in [0.1, 0.15) is 0 Å². The molecule has 0 aliphatic rings. The maximum Gasteiger partial charge on any atom is 0.339 e. The smallest absolute Gasteiger partial charge is 0.339 e. The van der Waals surface area contributed by atoms with E-state index in [4.69, 9.17) is 19.2 Å². The largest absolute Gasteiger partial charge is 0.490 e. The second kappa shape index (κ2) is 11.4. The molecule has 2 aromatic carbocycles. The lowest BCUT2D eigenvalue weighted by atomic mass is 10.1. The zero-order valence-corrected chi connectivity index (χ0v) is 20.5. The number of aromatic nitrogens is 3. The lowest BCUT2D eigenvalue weighted by Crippen LogP contribution is -2.21. The van der Waals surface area contributed by atoms with E-state index >= 15 is 0 Å². The van der Waals surface area contributed by atoms with Crippen molar-refractivity contribution in [3.63, 3.8) is 0 Å². The number of esters is 1. The number of pyridine rings is 1. The van der Waals surface area contributed by atoms with Gasteiger partial charge in [-0.05, 0) is 39.0 Å². The van der Waals surface area contributed by atoms with Crippen LogP contribution in [-0.2, 0) is 16.1 Å². The summed E-state index contributed by atoms with van der Waals surface area (Å²) in [5.74, 6) is 0.00176. The lowest BCUT2D eigenvalue weighted by Gasteiger charge is -2.13. The third-order valence-corrected chi connectivity index (χ3v) is 5.36. The first kappa shape index (κ1) is 24.7. The number of aryl methyl sites for hydroxylation is 1. The van der Waals surface area contributed by atoms with Gasteiger partial charge in [0, 0.05) is 23.9 Å². The number of amides is 1. The van der Waals surface area contributed by atoms with E-state index in [-0.39, 0.29) is 0 Å². The minimum absolute atomic E-state index is 0.297. The van der Waals surface area contributed by atoms with Gasteiger partial charge >= 0.3 is 5.97 Å². The first-order valence-corrected chi connectivity index (χ1v) is 11.8. The molecule has 0 bridgehead atoms. The first-order chi connectivity index (χ1) is 17.5. The molecule has 0 saturated carbocycles. The van der Waals surface area contributed by atoms with Crippen LogP contribution in [0.15, 0.2) is 60.8 Å². The molecule has 2 heterocycles. The Morgan fingerprint density at radius 3 is 2.42 bits per heavy atom. The van der Waals surface area contributed by atoms with Gasteiger partial charge in [0.05, 0.1) is 36.1 Å². The zero-order chi connectivity index (χ0) is 25.5. The fourth-order valence-electron chi connectivity index (χ4n) is 3.74. The van der Waals surface area contributed by atoms with Crippen molar-refractivity contribution < 1.29 is 23.8 Å². The van der Waals surface area contributed by atoms with Crippen LogP contribution in [0.25, 0.3) is 22.3 Å². The van der Waals surface area contributed by atoms with Gasteiger partial charge in [-0.25, -0.2) is 14.5 Å². The Bertz CT molecular complexity index is 1370. The van der Waals surface area contributed by atoms with E-state index in [2.05, 4.69) is 10.4 Å². The topological polar surface area (TPSA) is 105 Å². The molecule has 4 aromatic rings. The number of hydrogen-bond donors (Lipinski definition) is 1. The van der Waals surface area contributed by atoms with Crippen LogP contribution in [0, 0.1) is 0 Å². The summed E-state index contributed by atoms with van der Waals surface area (Å²) in [5.41, 5.74) is 2.85. The van der Waals surface area contributed by atoms with Crippen molar-refractivity contribution in [1.82, 2.24) is 14.8 Å². The number of ether oxygens (including phenoxy) is 3. The highest BCUT2D eigenvalue weighted by molar-refractivity contribution is 6.04. The minimum Gasteiger partial charge on any atom is -0.490 e. The van der Waals surface area contributed by atoms with Gasteiger partial charge in [-0.3, -0.25) is 4.79 Å². The van der Waals surface area contributed by atoms with Crippen LogP contribution in [0.3, 0.4) is 0 Å². The molecular weight excluding hydrogens is 460 g/mol. The Morgan fingerprint density at radius 1 is 0.944 bits per heavy atom. The molecule has 0 atom stereocenters. The van der Waals surface area contributed by atoms with Crippen LogP contribution in [0.5, 0.6) is 11.5 Å². The van der Waals surface area contributed by atoms with Crippen molar-refractivity contribution in [2.24, 2.45) is 0 Å². The van der Waals surface area contributed by atoms with Crippen molar-refractivity contribution in [3.8, 4) is 22.8 Å². The molecule has 36 heavy (non-hydrogen) atoms. The van der Waals surface area contributed by atoms with Gasteiger partial charge in [-0.2, -0.15) is 5.10 Å². The SMILES string of the molecule is CCOc1ccc(NC(=O)COC(=O)c2cc(-c3ccccc3)nc3c2cnn3CC)cc1OCC. The van der Waals surface area contributed by atoms with Crippen LogP contribution in [-0.4, -0.2) is 46.5 Å². The van der Waals surface area contributed by atoms with Gasteiger partial charge in [-0.15, -0.1) is 0 Å². The third-order valence-electron chi connectivity index (χ3n) is 5.36. The number of carbonyl (C=O) groups is 2. The molecule has 0 aliphatic heterocycles. The van der Waals surface area contributed by atoms with Crippen LogP contribution in [0.1, 0.15) is 31.1 Å². The molecule has 0 spiro atoms. The summed E-state index contributed by atoms with van der Waals surface area (Å²) >= 11 is 0. The van der Waals surface area contributed by atoms with Gasteiger partial charge in [0.25, 0.3) is 5.91 Å². The standard InChI is InChI=1S/C27H28N4O5/c1-4-31-26-21(16-28-31)20(15-22(30-26)18-10-8-7-9-11-18)27(33)36-17-25(32)29-19-12-13-23(34-5-2)24(14-19)35-6-3/h7-16H,4-6,17H2,1-3H3,(H,29,32). The van der Waals surface area contributed by atoms with E-state index in [0.29, 0.717) is 59.2 Å². The molecule has 2 aromatic heterocycles. The predicted octanol–water partition coefficient (Wildman–Crippen LogP) is 4.71. The third kappa shape index (κ3) is 5.46. The number of nitrogens with one attached hydrogen (secondary N) is 1. The number of carbonyl (C=O) groups excluding carboxylic acids is 2. The van der Waals surface area contributed by atoms with E-state index in [1.54, 1.807) is 35.1 Å². The summed E-state index contributed by atoms with van der Waals surface area (Å²) in [5, 5.41) is 7.62. The van der Waals surface area contributed by atoms with Gasteiger partial charge in [-0.1, -0.05) is 30.3 Å². The Kier molecular flexibility index (Phi) is 7.79. The maximum atomic E-state index is 13.0. The van der Waals surface area contributed by atoms with E-state index in [0.717, 1.165) is 5.56 Å². The fourth-order valence-corrected chi connectivity index (χ4v) is 3.74. The predicted molar refractivity (Wildman–Crippen MR) is 136 cm³/mol. The van der Waals surface area contributed by atoms with Crippen LogP contribution >= 0.6 is 0 Å². The molecule has 1 N–H and O–H groups in total. The molecule has 0 fully saturated rings. The average molecular weight is 489 g/mol. The molecule has 9 nitrogen and oxygen atoms in total. The highest BCUT2D eigenvalue weighted by Crippen LogP contribution is 2.31. The maximum absolute atomic E-state index is 13.0. The van der Waals surface area contributed by atoms with Crippen molar-refractivity contribution in [2.75, 3.05) is 25.1 Å². The second-order valence-corrected chi connectivity index (χ2v) is 7.77. The van der Waals surface area contributed by atoms with Crippen LogP contribution in [0.4, 0.5) is 5.69 Å². The fraction of sp³-hybridized carbons (Fsp3) is 0.259. The van der Waals surface area contributed by atoms with Crippen molar-refractivity contribution >= 4 is 28.6 Å². The number of nitrogens with zero attached hydrogens (tertiary/aromatic N) is 3. The first-order valence-electron chi connectivity index (χ1n) is 11.8. The van der Waals surface area contributed by atoms with Crippen LogP contribution < -0.4 is 14.8 Å². The Balaban J connectivity index is 1.51. The summed E-state index contributed by atoms with van der Waals surface area (Å²) < 4.78 is 18.2. The Hall–Kier alpha value is -4.40. The Morgan fingerprint density at radius 2 is 1.69 bits per heavy atom. The number of anilines is 1. The molecule has 4 rings (SSSR count). The van der Waals surface area contributed by atoms with E-state index < -0.39 is 18.5 Å². The van der Waals surface area contributed by atoms with Crippen LogP contribution in [0.2, 0.25) is 0 Å². The minimum atomic E-state index is -0.632. The zero-order valence-electron chi connectivity index (χ0n) is 20.5. The quantitative estimate of drug-likeness (QED) is 0.322. The number of hydrogen-bond acceptors (Lipinski definition) is 7. The number of benzene rings is 2. The Labute approximate surface area is 209 Å². The second-order valence-electron chi connectivity index (χ2n) is 7.77. The van der Waals surface area contributed by atoms with Crippen molar-refractivity contribution in [3.05, 3.63) is 66.4 Å². The summed E-state index contributed by atoms with van der Waals surface area (Å²) in [4.78, 5) is 30.3. The van der Waals surface area contributed by atoms with Gasteiger partial charge in [0.2, 0.25) is 0 Å². The summed E-state index contributed by atoms with van der Waals surface area (Å²) in [7, 11) is 0. The summed E-state index contributed by atoms with van der Waals surface area (Å²) in [6, 6.07) is 16.3. The molecule has 0 radical (unpaired) electrons. The van der Waals surface area contributed by atoms with Crippen molar-refractivity contribution in [1.29, 1.82) is 0 Å². The van der Waals surface area contributed by atoms with E-state index in [1.165, 1.54) is 0 Å². The van der Waals surface area contributed by atoms with E-state index in [9.17, 15) is 9.59 Å². The van der Waals surface area contributed by atoms with Crippen molar-refractivity contribution in [2.45, 2.75) is 27.3 Å². The molecular formula is C27H28N4O5. The number of fused-ring (bicyclic) bond motifs is 1. The van der Waals surface area contributed by atoms with Gasteiger partial charge in [0.15, 0.2) is 23.8 Å². The normalized spacial score (nSPS) is 10.8. The molecule has 0 aliphatic carbocycles. The molecule has 0 unspecified atom stereocenters.